The first-order valence-electron chi connectivity index (χ1n) is 7.15. The molecule has 1 saturated heterocycles. The lowest BCUT2D eigenvalue weighted by Gasteiger charge is -2.40. The Morgan fingerprint density at radius 2 is 2.09 bits per heavy atom. The Balaban J connectivity index is 1.90. The van der Waals surface area contributed by atoms with Crippen LogP contribution in [0.2, 0.25) is 0 Å². The number of nitriles is 1. The van der Waals surface area contributed by atoms with Gasteiger partial charge in [-0.15, -0.1) is 0 Å². The van der Waals surface area contributed by atoms with Crippen LogP contribution in [0.15, 0.2) is 18.2 Å². The Bertz CT molecular complexity index is 596. The number of methoxy groups -OCH3 is 1. The summed E-state index contributed by atoms with van der Waals surface area (Å²) in [4.78, 5) is 13.5. The zero-order chi connectivity index (χ0) is 16.3. The van der Waals surface area contributed by atoms with Crippen LogP contribution in [0.25, 0.3) is 0 Å². The van der Waals surface area contributed by atoms with Gasteiger partial charge in [0.2, 0.25) is 0 Å². The molecule has 0 atom stereocenters. The minimum atomic E-state index is -0.480. The maximum Gasteiger partial charge on any atom is 0.410 e. The molecule has 6 heteroatoms. The predicted molar refractivity (Wildman–Crippen MR) is 82.9 cm³/mol. The summed E-state index contributed by atoms with van der Waals surface area (Å²) in [5.41, 5.74) is 0.882. The van der Waals surface area contributed by atoms with Crippen LogP contribution >= 0.6 is 0 Å². The molecule has 118 valence electrons. The van der Waals surface area contributed by atoms with E-state index in [0.29, 0.717) is 24.4 Å². The fourth-order valence-electron chi connectivity index (χ4n) is 2.15. The molecule has 1 aromatic rings. The quantitative estimate of drug-likeness (QED) is 0.929. The van der Waals surface area contributed by atoms with E-state index < -0.39 is 5.60 Å². The third-order valence-electron chi connectivity index (χ3n) is 3.22. The number of amides is 1. The number of likely N-dealkylation sites (tertiary alicyclic amines) is 1. The SMILES string of the molecule is COc1cc(C#N)ccc1NC1CN(C(=O)OC(C)(C)C)C1. The molecule has 1 aromatic carbocycles. The van der Waals surface area contributed by atoms with Crippen molar-refractivity contribution in [2.45, 2.75) is 32.4 Å². The Morgan fingerprint density at radius 3 is 2.64 bits per heavy atom. The highest BCUT2D eigenvalue weighted by Gasteiger charge is 2.33. The summed E-state index contributed by atoms with van der Waals surface area (Å²) >= 11 is 0. The van der Waals surface area contributed by atoms with Gasteiger partial charge in [-0.25, -0.2) is 4.79 Å². The van der Waals surface area contributed by atoms with Crippen molar-refractivity contribution in [1.82, 2.24) is 4.90 Å². The number of carbonyl (C=O) groups excluding carboxylic acids is 1. The fourth-order valence-corrected chi connectivity index (χ4v) is 2.15. The van der Waals surface area contributed by atoms with Crippen LogP contribution in [0.5, 0.6) is 5.75 Å². The standard InChI is InChI=1S/C16H21N3O3/c1-16(2,3)22-15(20)19-9-12(10-19)18-13-6-5-11(8-17)7-14(13)21-4/h5-7,12,18H,9-10H2,1-4H3. The van der Waals surface area contributed by atoms with E-state index in [1.807, 2.05) is 26.8 Å². The zero-order valence-electron chi connectivity index (χ0n) is 13.3. The van der Waals surface area contributed by atoms with Crippen molar-refractivity contribution in [3.8, 4) is 11.8 Å². The van der Waals surface area contributed by atoms with E-state index in [2.05, 4.69) is 11.4 Å². The minimum absolute atomic E-state index is 0.148. The fraction of sp³-hybridized carbons (Fsp3) is 0.500. The summed E-state index contributed by atoms with van der Waals surface area (Å²) in [6.07, 6.45) is -0.294. The van der Waals surface area contributed by atoms with E-state index in [1.54, 1.807) is 24.1 Å². The molecule has 0 saturated carbocycles. The lowest BCUT2D eigenvalue weighted by molar-refractivity contribution is 0.0105. The molecule has 0 radical (unpaired) electrons. The molecule has 0 aromatic heterocycles. The van der Waals surface area contributed by atoms with Crippen molar-refractivity contribution >= 4 is 11.8 Å². The van der Waals surface area contributed by atoms with Crippen molar-refractivity contribution in [2.75, 3.05) is 25.5 Å². The Kier molecular flexibility index (Phi) is 4.45. The van der Waals surface area contributed by atoms with Crippen LogP contribution in [-0.4, -0.2) is 42.8 Å². The van der Waals surface area contributed by atoms with Gasteiger partial charge in [0, 0.05) is 19.2 Å². The van der Waals surface area contributed by atoms with Crippen molar-refractivity contribution < 1.29 is 14.3 Å². The number of rotatable bonds is 3. The molecule has 2 rings (SSSR count). The van der Waals surface area contributed by atoms with Gasteiger partial charge in [-0.1, -0.05) is 0 Å². The molecule has 0 spiro atoms. The largest absolute Gasteiger partial charge is 0.495 e. The van der Waals surface area contributed by atoms with Gasteiger partial charge in [0.05, 0.1) is 30.5 Å². The summed E-state index contributed by atoms with van der Waals surface area (Å²) in [6, 6.07) is 7.46. The highest BCUT2D eigenvalue weighted by Crippen LogP contribution is 2.28. The number of carbonyl (C=O) groups is 1. The van der Waals surface area contributed by atoms with Crippen molar-refractivity contribution in [2.24, 2.45) is 0 Å². The van der Waals surface area contributed by atoms with E-state index in [1.165, 1.54) is 0 Å². The topological polar surface area (TPSA) is 74.6 Å². The Labute approximate surface area is 130 Å². The molecule has 6 nitrogen and oxygen atoms in total. The lowest BCUT2D eigenvalue weighted by atomic mass is 10.1. The number of hydrogen-bond donors (Lipinski definition) is 1. The van der Waals surface area contributed by atoms with Crippen LogP contribution in [0.1, 0.15) is 26.3 Å². The van der Waals surface area contributed by atoms with E-state index >= 15 is 0 Å². The normalized spacial score (nSPS) is 14.8. The molecular formula is C16H21N3O3. The highest BCUT2D eigenvalue weighted by atomic mass is 16.6. The maximum atomic E-state index is 11.9. The van der Waals surface area contributed by atoms with Gasteiger partial charge in [-0.05, 0) is 32.9 Å². The molecule has 1 N–H and O–H groups in total. The summed E-state index contributed by atoms with van der Waals surface area (Å²) < 4.78 is 10.6. The summed E-state index contributed by atoms with van der Waals surface area (Å²) in [6.45, 7) is 6.71. The second kappa shape index (κ2) is 6.14. The number of benzene rings is 1. The van der Waals surface area contributed by atoms with Crippen molar-refractivity contribution in [1.29, 1.82) is 5.26 Å². The first kappa shape index (κ1) is 16.0. The molecule has 0 bridgehead atoms. The third kappa shape index (κ3) is 3.82. The second-order valence-electron chi connectivity index (χ2n) is 6.25. The van der Waals surface area contributed by atoms with Gasteiger partial charge in [-0.2, -0.15) is 5.26 Å². The van der Waals surface area contributed by atoms with E-state index in [4.69, 9.17) is 14.7 Å². The number of nitrogens with one attached hydrogen (secondary N) is 1. The third-order valence-corrected chi connectivity index (χ3v) is 3.22. The molecule has 22 heavy (non-hydrogen) atoms. The summed E-state index contributed by atoms with van der Waals surface area (Å²) in [5, 5.41) is 12.2. The van der Waals surface area contributed by atoms with Crippen molar-refractivity contribution in [3.63, 3.8) is 0 Å². The van der Waals surface area contributed by atoms with E-state index in [0.717, 1.165) is 5.69 Å². The van der Waals surface area contributed by atoms with Crippen LogP contribution in [0, 0.1) is 11.3 Å². The Morgan fingerprint density at radius 1 is 1.41 bits per heavy atom. The van der Waals surface area contributed by atoms with Crippen LogP contribution in [0.3, 0.4) is 0 Å². The number of nitrogens with zero attached hydrogens (tertiary/aromatic N) is 2. The molecule has 1 heterocycles. The number of ether oxygens (including phenoxy) is 2. The molecule has 1 fully saturated rings. The monoisotopic (exact) mass is 303 g/mol. The highest BCUT2D eigenvalue weighted by molar-refractivity contribution is 5.70. The van der Waals surface area contributed by atoms with Crippen LogP contribution < -0.4 is 10.1 Å². The van der Waals surface area contributed by atoms with Gasteiger partial charge in [-0.3, -0.25) is 0 Å². The van der Waals surface area contributed by atoms with Crippen molar-refractivity contribution in [3.05, 3.63) is 23.8 Å². The summed E-state index contributed by atoms with van der Waals surface area (Å²) in [7, 11) is 1.56. The smallest absolute Gasteiger partial charge is 0.410 e. The first-order valence-corrected chi connectivity index (χ1v) is 7.15. The average Bonchev–Trinajstić information content (AvgIpc) is 2.40. The Hall–Kier alpha value is -2.42. The van der Waals surface area contributed by atoms with Crippen LogP contribution in [-0.2, 0) is 4.74 Å². The minimum Gasteiger partial charge on any atom is -0.495 e. The average molecular weight is 303 g/mol. The molecule has 0 aliphatic carbocycles. The van der Waals surface area contributed by atoms with E-state index in [9.17, 15) is 4.79 Å². The van der Waals surface area contributed by atoms with Gasteiger partial charge >= 0.3 is 6.09 Å². The predicted octanol–water partition coefficient (Wildman–Crippen LogP) is 2.60. The number of anilines is 1. The molecule has 0 unspecified atom stereocenters. The molecular weight excluding hydrogens is 282 g/mol. The van der Waals surface area contributed by atoms with Gasteiger partial charge in [0.1, 0.15) is 11.4 Å². The summed E-state index contributed by atoms with van der Waals surface area (Å²) in [5.74, 6) is 0.620. The van der Waals surface area contributed by atoms with Gasteiger partial charge in [0.15, 0.2) is 0 Å². The zero-order valence-corrected chi connectivity index (χ0v) is 13.3. The van der Waals surface area contributed by atoms with Gasteiger partial charge in [0.25, 0.3) is 0 Å². The van der Waals surface area contributed by atoms with Gasteiger partial charge < -0.3 is 19.7 Å². The molecule has 1 aliphatic rings. The van der Waals surface area contributed by atoms with Crippen LogP contribution in [0.4, 0.5) is 10.5 Å². The molecule has 1 aliphatic heterocycles. The lowest BCUT2D eigenvalue weighted by Crippen LogP contribution is -2.57. The number of hydrogen-bond acceptors (Lipinski definition) is 5. The molecule has 1 amide bonds. The maximum absolute atomic E-state index is 11.9. The first-order chi connectivity index (χ1) is 10.3. The van der Waals surface area contributed by atoms with E-state index in [-0.39, 0.29) is 12.1 Å². The second-order valence-corrected chi connectivity index (χ2v) is 6.25.